The van der Waals surface area contributed by atoms with Crippen LogP contribution in [0.4, 0.5) is 5.82 Å². The average molecular weight is 326 g/mol. The van der Waals surface area contributed by atoms with Gasteiger partial charge in [-0.2, -0.15) is 5.10 Å². The van der Waals surface area contributed by atoms with E-state index in [0.717, 1.165) is 43.3 Å². The average Bonchev–Trinajstić information content (AvgIpc) is 2.67. The number of rotatable bonds is 5. The summed E-state index contributed by atoms with van der Waals surface area (Å²) in [6.45, 7) is 3.58. The van der Waals surface area contributed by atoms with Gasteiger partial charge < -0.3 is 14.4 Å². The minimum absolute atomic E-state index is 0.710. The van der Waals surface area contributed by atoms with E-state index in [1.165, 1.54) is 0 Å². The number of nitrogens with zero attached hydrogens (tertiary/aromatic N) is 4. The lowest BCUT2D eigenvalue weighted by atomic mass is 10.2. The number of hydrazone groups is 1. The van der Waals surface area contributed by atoms with Crippen LogP contribution in [0.15, 0.2) is 47.7 Å². The molecule has 2 heterocycles. The summed E-state index contributed by atoms with van der Waals surface area (Å²) in [5, 5.41) is 6.66. The van der Waals surface area contributed by atoms with Crippen LogP contribution in [0.25, 0.3) is 0 Å². The Morgan fingerprint density at radius 3 is 2.46 bits per heavy atom. The molecule has 6 nitrogen and oxygen atoms in total. The lowest BCUT2D eigenvalue weighted by molar-refractivity contribution is 0.271. The molecular weight excluding hydrogens is 304 g/mol. The van der Waals surface area contributed by atoms with Gasteiger partial charge in [0.05, 0.1) is 33.5 Å². The number of pyridine rings is 1. The van der Waals surface area contributed by atoms with Crippen molar-refractivity contribution in [3.8, 4) is 11.5 Å². The molecule has 6 heteroatoms. The van der Waals surface area contributed by atoms with Gasteiger partial charge in [0, 0.05) is 19.3 Å². The molecule has 2 aromatic rings. The zero-order chi connectivity index (χ0) is 16.8. The molecule has 0 saturated carbocycles. The molecule has 24 heavy (non-hydrogen) atoms. The molecule has 1 aromatic carbocycles. The summed E-state index contributed by atoms with van der Waals surface area (Å²) in [5.41, 5.74) is 0.986. The Balaban J connectivity index is 1.59. The second kappa shape index (κ2) is 7.68. The Bertz CT molecular complexity index is 683. The van der Waals surface area contributed by atoms with Crippen molar-refractivity contribution in [2.45, 2.75) is 0 Å². The number of methoxy groups -OCH3 is 2. The van der Waals surface area contributed by atoms with Crippen molar-refractivity contribution < 1.29 is 9.47 Å². The first-order valence-corrected chi connectivity index (χ1v) is 7.97. The zero-order valence-corrected chi connectivity index (χ0v) is 14.1. The van der Waals surface area contributed by atoms with Crippen LogP contribution in [0.5, 0.6) is 11.5 Å². The molecule has 126 valence electrons. The van der Waals surface area contributed by atoms with E-state index in [4.69, 9.17) is 9.47 Å². The highest BCUT2D eigenvalue weighted by Gasteiger charge is 2.16. The Hall–Kier alpha value is -2.76. The molecule has 0 aliphatic carbocycles. The van der Waals surface area contributed by atoms with Crippen molar-refractivity contribution >= 4 is 12.0 Å². The third-order valence-electron chi connectivity index (χ3n) is 4.01. The van der Waals surface area contributed by atoms with Crippen molar-refractivity contribution in [1.82, 2.24) is 9.99 Å². The predicted octanol–water partition coefficient (Wildman–Crippen LogP) is 2.25. The molecule has 1 aromatic heterocycles. The Morgan fingerprint density at radius 2 is 1.79 bits per heavy atom. The fraction of sp³-hybridized carbons (Fsp3) is 0.333. The lowest BCUT2D eigenvalue weighted by Gasteiger charge is -2.33. The predicted molar refractivity (Wildman–Crippen MR) is 95.2 cm³/mol. The molecule has 1 aliphatic rings. The standard InChI is InChI=1S/C18H22N4O2/c1-23-16-7-6-15(13-17(16)24-2)14-20-22-11-9-21(10-12-22)18-5-3-4-8-19-18/h3-8,13-14H,9-12H2,1-2H3/b20-14+. The second-order valence-electron chi connectivity index (χ2n) is 5.49. The van der Waals surface area contributed by atoms with E-state index < -0.39 is 0 Å². The van der Waals surface area contributed by atoms with E-state index >= 15 is 0 Å². The van der Waals surface area contributed by atoms with E-state index in [1.807, 2.05) is 48.8 Å². The number of benzene rings is 1. The summed E-state index contributed by atoms with van der Waals surface area (Å²) in [5.74, 6) is 2.46. The Morgan fingerprint density at radius 1 is 1.00 bits per heavy atom. The number of hydrogen-bond acceptors (Lipinski definition) is 6. The fourth-order valence-electron chi connectivity index (χ4n) is 2.66. The third kappa shape index (κ3) is 3.76. The van der Waals surface area contributed by atoms with Gasteiger partial charge in [0.1, 0.15) is 5.82 Å². The summed E-state index contributed by atoms with van der Waals surface area (Å²) in [7, 11) is 3.27. The first-order valence-electron chi connectivity index (χ1n) is 7.97. The first-order chi connectivity index (χ1) is 11.8. The van der Waals surface area contributed by atoms with Crippen LogP contribution in [0, 0.1) is 0 Å². The van der Waals surface area contributed by atoms with Crippen LogP contribution in [0.3, 0.4) is 0 Å². The van der Waals surface area contributed by atoms with Crippen LogP contribution in [0.1, 0.15) is 5.56 Å². The van der Waals surface area contributed by atoms with Gasteiger partial charge in [-0.25, -0.2) is 4.98 Å². The number of aromatic nitrogens is 1. The van der Waals surface area contributed by atoms with Crippen molar-refractivity contribution in [3.63, 3.8) is 0 Å². The van der Waals surface area contributed by atoms with Gasteiger partial charge in [-0.15, -0.1) is 0 Å². The minimum Gasteiger partial charge on any atom is -0.493 e. The van der Waals surface area contributed by atoms with E-state index in [1.54, 1.807) is 14.2 Å². The highest BCUT2D eigenvalue weighted by atomic mass is 16.5. The summed E-state index contributed by atoms with van der Waals surface area (Å²) >= 11 is 0. The van der Waals surface area contributed by atoms with Crippen LogP contribution in [0.2, 0.25) is 0 Å². The largest absolute Gasteiger partial charge is 0.493 e. The van der Waals surface area contributed by atoms with Gasteiger partial charge in [0.25, 0.3) is 0 Å². The maximum absolute atomic E-state index is 5.32. The maximum Gasteiger partial charge on any atom is 0.161 e. The molecule has 0 bridgehead atoms. The molecule has 1 aliphatic heterocycles. The van der Waals surface area contributed by atoms with Gasteiger partial charge >= 0.3 is 0 Å². The van der Waals surface area contributed by atoms with Gasteiger partial charge in [-0.05, 0) is 35.9 Å². The highest BCUT2D eigenvalue weighted by molar-refractivity contribution is 5.80. The SMILES string of the molecule is COc1ccc(/C=N/N2CCN(c3ccccn3)CC2)cc1OC. The number of piperazine rings is 1. The van der Waals surface area contributed by atoms with Gasteiger partial charge in [0.15, 0.2) is 11.5 Å². The normalized spacial score (nSPS) is 14.9. The van der Waals surface area contributed by atoms with Gasteiger partial charge in [-0.1, -0.05) is 6.07 Å². The van der Waals surface area contributed by atoms with Crippen molar-refractivity contribution in [1.29, 1.82) is 0 Å². The van der Waals surface area contributed by atoms with Crippen LogP contribution in [-0.2, 0) is 0 Å². The Kier molecular flexibility index (Phi) is 5.15. The third-order valence-corrected chi connectivity index (χ3v) is 4.01. The lowest BCUT2D eigenvalue weighted by Crippen LogP contribution is -2.44. The molecule has 0 amide bonds. The van der Waals surface area contributed by atoms with Crippen molar-refractivity contribution in [3.05, 3.63) is 48.2 Å². The van der Waals surface area contributed by atoms with Crippen molar-refractivity contribution in [2.75, 3.05) is 45.3 Å². The highest BCUT2D eigenvalue weighted by Crippen LogP contribution is 2.26. The first kappa shape index (κ1) is 16.1. The second-order valence-corrected chi connectivity index (χ2v) is 5.49. The molecule has 0 spiro atoms. The van der Waals surface area contributed by atoms with Crippen LogP contribution < -0.4 is 14.4 Å². The molecule has 0 atom stereocenters. The molecule has 1 fully saturated rings. The summed E-state index contributed by atoms with van der Waals surface area (Å²) < 4.78 is 10.6. The van der Waals surface area contributed by atoms with E-state index in [0.29, 0.717) is 5.75 Å². The number of hydrogen-bond donors (Lipinski definition) is 0. The smallest absolute Gasteiger partial charge is 0.161 e. The van der Waals surface area contributed by atoms with Gasteiger partial charge in [0.2, 0.25) is 0 Å². The molecular formula is C18H22N4O2. The maximum atomic E-state index is 5.32. The van der Waals surface area contributed by atoms with Gasteiger partial charge in [-0.3, -0.25) is 5.01 Å². The van der Waals surface area contributed by atoms with Crippen LogP contribution in [-0.4, -0.2) is 56.6 Å². The Labute approximate surface area is 142 Å². The van der Waals surface area contributed by atoms with Crippen LogP contribution >= 0.6 is 0 Å². The summed E-state index contributed by atoms with van der Waals surface area (Å²) in [6, 6.07) is 11.8. The van der Waals surface area contributed by atoms with E-state index in [9.17, 15) is 0 Å². The number of ether oxygens (including phenoxy) is 2. The molecule has 0 radical (unpaired) electrons. The topological polar surface area (TPSA) is 50.2 Å². The summed E-state index contributed by atoms with van der Waals surface area (Å²) in [6.07, 6.45) is 3.69. The molecule has 0 N–H and O–H groups in total. The van der Waals surface area contributed by atoms with E-state index in [-0.39, 0.29) is 0 Å². The minimum atomic E-state index is 0.710. The summed E-state index contributed by atoms with van der Waals surface area (Å²) in [4.78, 5) is 6.68. The fourth-order valence-corrected chi connectivity index (χ4v) is 2.66. The van der Waals surface area contributed by atoms with E-state index in [2.05, 4.69) is 20.0 Å². The van der Waals surface area contributed by atoms with Crippen molar-refractivity contribution in [2.24, 2.45) is 5.10 Å². The number of anilines is 1. The quantitative estimate of drug-likeness (QED) is 0.789. The molecule has 1 saturated heterocycles. The molecule has 3 rings (SSSR count). The molecule has 0 unspecified atom stereocenters. The monoisotopic (exact) mass is 326 g/mol. The zero-order valence-electron chi connectivity index (χ0n) is 14.1.